The Morgan fingerprint density at radius 1 is 1.27 bits per heavy atom. The number of aliphatic imine (C=N–C) groups is 1. The molecule has 5 heteroatoms. The first-order chi connectivity index (χ1) is 10.7. The third kappa shape index (κ3) is 6.52. The van der Waals surface area contributed by atoms with Gasteiger partial charge < -0.3 is 20.1 Å². The van der Waals surface area contributed by atoms with Gasteiger partial charge in [-0.25, -0.2) is 0 Å². The second-order valence-electron chi connectivity index (χ2n) is 4.82. The number of benzene rings is 1. The average molecular weight is 305 g/mol. The summed E-state index contributed by atoms with van der Waals surface area (Å²) in [6.07, 6.45) is 5.13. The summed E-state index contributed by atoms with van der Waals surface area (Å²) in [6.45, 7) is 5.53. The minimum atomic E-state index is -0.00890. The van der Waals surface area contributed by atoms with Crippen LogP contribution in [-0.4, -0.2) is 39.3 Å². The van der Waals surface area contributed by atoms with E-state index in [4.69, 9.17) is 9.47 Å². The smallest absolute Gasteiger partial charge is 0.191 e. The molecule has 0 aliphatic heterocycles. The molecule has 0 spiro atoms. The molecule has 0 saturated heterocycles. The zero-order chi connectivity index (χ0) is 16.2. The molecule has 1 rings (SSSR count). The van der Waals surface area contributed by atoms with E-state index < -0.39 is 0 Å². The van der Waals surface area contributed by atoms with Crippen LogP contribution in [0.2, 0.25) is 0 Å². The quantitative estimate of drug-likeness (QED) is 0.335. The SMILES string of the molecule is C/C=C/CCNC(=NC)NCC(C)Oc1ccccc1OC. The lowest BCUT2D eigenvalue weighted by molar-refractivity contribution is 0.213. The molecule has 2 N–H and O–H groups in total. The van der Waals surface area contributed by atoms with Gasteiger partial charge in [0, 0.05) is 13.6 Å². The van der Waals surface area contributed by atoms with Crippen molar-refractivity contribution in [3.05, 3.63) is 36.4 Å². The van der Waals surface area contributed by atoms with Crippen molar-refractivity contribution in [2.75, 3.05) is 27.2 Å². The van der Waals surface area contributed by atoms with Gasteiger partial charge in [-0.3, -0.25) is 4.99 Å². The first-order valence-corrected chi connectivity index (χ1v) is 7.56. The van der Waals surface area contributed by atoms with E-state index in [9.17, 15) is 0 Å². The second-order valence-corrected chi connectivity index (χ2v) is 4.82. The fraction of sp³-hybridized carbons (Fsp3) is 0.471. The van der Waals surface area contributed by atoms with Crippen molar-refractivity contribution in [2.24, 2.45) is 4.99 Å². The van der Waals surface area contributed by atoms with Crippen molar-refractivity contribution in [3.63, 3.8) is 0 Å². The van der Waals surface area contributed by atoms with Crippen molar-refractivity contribution in [1.29, 1.82) is 0 Å². The number of ether oxygens (including phenoxy) is 2. The summed E-state index contributed by atoms with van der Waals surface area (Å²) in [6, 6.07) is 7.64. The van der Waals surface area contributed by atoms with Crippen LogP contribution in [0.5, 0.6) is 11.5 Å². The molecule has 0 aliphatic carbocycles. The topological polar surface area (TPSA) is 54.9 Å². The lowest BCUT2D eigenvalue weighted by Gasteiger charge is -2.18. The number of nitrogens with one attached hydrogen (secondary N) is 2. The van der Waals surface area contributed by atoms with Gasteiger partial charge in [0.2, 0.25) is 0 Å². The van der Waals surface area contributed by atoms with Crippen LogP contribution in [0, 0.1) is 0 Å². The molecule has 1 unspecified atom stereocenters. The van der Waals surface area contributed by atoms with Crippen LogP contribution in [-0.2, 0) is 0 Å². The Hall–Kier alpha value is -2.17. The van der Waals surface area contributed by atoms with Crippen LogP contribution < -0.4 is 20.1 Å². The minimum absolute atomic E-state index is 0.00890. The molecule has 0 saturated carbocycles. The van der Waals surface area contributed by atoms with E-state index in [1.54, 1.807) is 14.2 Å². The molecule has 0 amide bonds. The molecular formula is C17H27N3O2. The van der Waals surface area contributed by atoms with Gasteiger partial charge in [-0.15, -0.1) is 0 Å². The van der Waals surface area contributed by atoms with Gasteiger partial charge in [0.1, 0.15) is 6.10 Å². The first kappa shape index (κ1) is 17.9. The monoisotopic (exact) mass is 305 g/mol. The third-order valence-corrected chi connectivity index (χ3v) is 3.02. The zero-order valence-corrected chi connectivity index (χ0v) is 13.9. The Morgan fingerprint density at radius 2 is 2.00 bits per heavy atom. The van der Waals surface area contributed by atoms with E-state index in [-0.39, 0.29) is 6.10 Å². The number of para-hydroxylation sites is 2. The van der Waals surface area contributed by atoms with Crippen LogP contribution >= 0.6 is 0 Å². The van der Waals surface area contributed by atoms with Crippen molar-refractivity contribution >= 4 is 5.96 Å². The van der Waals surface area contributed by atoms with E-state index >= 15 is 0 Å². The molecule has 0 fully saturated rings. The Balaban J connectivity index is 2.39. The fourth-order valence-corrected chi connectivity index (χ4v) is 1.88. The third-order valence-electron chi connectivity index (χ3n) is 3.02. The second kappa shape index (κ2) is 10.5. The number of methoxy groups -OCH3 is 1. The Morgan fingerprint density at radius 3 is 2.64 bits per heavy atom. The van der Waals surface area contributed by atoms with E-state index in [2.05, 4.69) is 21.7 Å². The molecule has 0 bridgehead atoms. The van der Waals surface area contributed by atoms with Crippen LogP contribution in [0.4, 0.5) is 0 Å². The predicted octanol–water partition coefficient (Wildman–Crippen LogP) is 2.59. The number of hydrogen-bond donors (Lipinski definition) is 2. The van der Waals surface area contributed by atoms with Crippen molar-refractivity contribution < 1.29 is 9.47 Å². The maximum absolute atomic E-state index is 5.89. The van der Waals surface area contributed by atoms with E-state index in [1.165, 1.54) is 0 Å². The standard InChI is InChI=1S/C17H27N3O2/c1-5-6-9-12-19-17(18-3)20-13-14(2)22-16-11-8-7-10-15(16)21-4/h5-8,10-11,14H,9,12-13H2,1-4H3,(H2,18,19,20)/b6-5+. The van der Waals surface area contributed by atoms with Crippen LogP contribution in [0.1, 0.15) is 20.3 Å². The van der Waals surface area contributed by atoms with Crippen molar-refractivity contribution in [1.82, 2.24) is 10.6 Å². The molecule has 0 heterocycles. The summed E-state index contributed by atoms with van der Waals surface area (Å²) >= 11 is 0. The maximum Gasteiger partial charge on any atom is 0.191 e. The van der Waals surface area contributed by atoms with Crippen molar-refractivity contribution in [3.8, 4) is 11.5 Å². The molecule has 5 nitrogen and oxygen atoms in total. The van der Waals surface area contributed by atoms with E-state index in [1.807, 2.05) is 44.2 Å². The van der Waals surface area contributed by atoms with Gasteiger partial charge in [0.15, 0.2) is 17.5 Å². The summed E-state index contributed by atoms with van der Waals surface area (Å²) in [7, 11) is 3.40. The van der Waals surface area contributed by atoms with Gasteiger partial charge in [0.25, 0.3) is 0 Å². The Bertz CT molecular complexity index is 487. The molecule has 1 aromatic rings. The number of guanidine groups is 1. The van der Waals surface area contributed by atoms with Gasteiger partial charge in [-0.05, 0) is 32.4 Å². The molecule has 1 atom stereocenters. The van der Waals surface area contributed by atoms with Gasteiger partial charge in [0.05, 0.1) is 13.7 Å². The first-order valence-electron chi connectivity index (χ1n) is 7.56. The average Bonchev–Trinajstić information content (AvgIpc) is 2.54. The zero-order valence-electron chi connectivity index (χ0n) is 13.9. The summed E-state index contributed by atoms with van der Waals surface area (Å²) in [5, 5.41) is 6.51. The highest BCUT2D eigenvalue weighted by Crippen LogP contribution is 2.26. The van der Waals surface area contributed by atoms with E-state index in [0.29, 0.717) is 6.54 Å². The normalized spacial score (nSPS) is 13.0. The minimum Gasteiger partial charge on any atom is -0.493 e. The van der Waals surface area contributed by atoms with E-state index in [0.717, 1.165) is 30.4 Å². The lowest BCUT2D eigenvalue weighted by atomic mass is 10.3. The summed E-state index contributed by atoms with van der Waals surface area (Å²) in [5.74, 6) is 2.26. The number of hydrogen-bond acceptors (Lipinski definition) is 3. The Labute approximate surface area is 133 Å². The van der Waals surface area contributed by atoms with Crippen molar-refractivity contribution in [2.45, 2.75) is 26.4 Å². The molecular weight excluding hydrogens is 278 g/mol. The Kier molecular flexibility index (Phi) is 8.57. The number of nitrogens with zero attached hydrogens (tertiary/aromatic N) is 1. The molecule has 1 aromatic carbocycles. The van der Waals surface area contributed by atoms with Gasteiger partial charge in [-0.2, -0.15) is 0 Å². The van der Waals surface area contributed by atoms with Crippen LogP contribution in [0.3, 0.4) is 0 Å². The highest BCUT2D eigenvalue weighted by atomic mass is 16.5. The number of rotatable bonds is 8. The van der Waals surface area contributed by atoms with Crippen LogP contribution in [0.25, 0.3) is 0 Å². The molecule has 0 aliphatic rings. The predicted molar refractivity (Wildman–Crippen MR) is 91.9 cm³/mol. The molecule has 0 radical (unpaired) electrons. The van der Waals surface area contributed by atoms with Gasteiger partial charge >= 0.3 is 0 Å². The fourth-order valence-electron chi connectivity index (χ4n) is 1.88. The highest BCUT2D eigenvalue weighted by molar-refractivity contribution is 5.79. The summed E-state index contributed by atoms with van der Waals surface area (Å²) < 4.78 is 11.2. The molecule has 22 heavy (non-hydrogen) atoms. The number of allylic oxidation sites excluding steroid dienone is 1. The molecule has 0 aromatic heterocycles. The largest absolute Gasteiger partial charge is 0.493 e. The summed E-state index contributed by atoms with van der Waals surface area (Å²) in [5.41, 5.74) is 0. The lowest BCUT2D eigenvalue weighted by Crippen LogP contribution is -2.42. The molecule has 122 valence electrons. The van der Waals surface area contributed by atoms with Crippen LogP contribution in [0.15, 0.2) is 41.4 Å². The van der Waals surface area contributed by atoms with Gasteiger partial charge in [-0.1, -0.05) is 24.3 Å². The summed E-state index contributed by atoms with van der Waals surface area (Å²) in [4.78, 5) is 4.19. The maximum atomic E-state index is 5.89. The highest BCUT2D eigenvalue weighted by Gasteiger charge is 2.09.